The van der Waals surface area contributed by atoms with Crippen LogP contribution in [0.5, 0.6) is 0 Å². The maximum Gasteiger partial charge on any atom is 0.453 e. The molecule has 1 heterocycles. The molecule has 0 saturated heterocycles. The fourth-order valence-corrected chi connectivity index (χ4v) is 1.20. The number of allylic oxidation sites excluding steroid dienone is 2. The van der Waals surface area contributed by atoms with E-state index in [1.165, 1.54) is 0 Å². The first-order valence-electron chi connectivity index (χ1n) is 2.70. The average Bonchev–Trinajstić information content (AvgIpc) is 2.27. The molecule has 2 nitrogen and oxygen atoms in total. The van der Waals surface area contributed by atoms with E-state index in [2.05, 4.69) is 9.05 Å². The van der Waals surface area contributed by atoms with Crippen molar-refractivity contribution in [3.05, 3.63) is 11.5 Å². The summed E-state index contributed by atoms with van der Waals surface area (Å²) in [6.45, 7) is 0. The standard InChI is InChI=1S/C4HF6O2P/c5-3(6,7)1-2(4(8,9)10)12-13-11-1/h13H. The second-order valence-electron chi connectivity index (χ2n) is 1.94. The fourth-order valence-electron chi connectivity index (χ4n) is 0.570. The minimum Gasteiger partial charge on any atom is -0.431 e. The molecule has 0 amide bonds. The summed E-state index contributed by atoms with van der Waals surface area (Å²) in [7, 11) is -1.30. The summed E-state index contributed by atoms with van der Waals surface area (Å²) in [5.41, 5.74) is 0. The Kier molecular flexibility index (Phi) is 2.36. The molecule has 0 atom stereocenters. The number of alkyl halides is 6. The van der Waals surface area contributed by atoms with Gasteiger partial charge < -0.3 is 9.05 Å². The van der Waals surface area contributed by atoms with Gasteiger partial charge in [0.25, 0.3) is 20.6 Å². The van der Waals surface area contributed by atoms with Crippen LogP contribution in [0, 0.1) is 0 Å². The Balaban J connectivity index is 3.04. The van der Waals surface area contributed by atoms with E-state index in [1.807, 2.05) is 0 Å². The van der Waals surface area contributed by atoms with Crippen molar-refractivity contribution in [2.75, 3.05) is 0 Å². The van der Waals surface area contributed by atoms with Crippen LogP contribution in [0.1, 0.15) is 0 Å². The molecular formula is C4HF6O2P. The van der Waals surface area contributed by atoms with Crippen LogP contribution in [0.15, 0.2) is 11.5 Å². The van der Waals surface area contributed by atoms with Crippen molar-refractivity contribution in [3.8, 4) is 0 Å². The highest BCUT2D eigenvalue weighted by Crippen LogP contribution is 2.47. The lowest BCUT2D eigenvalue weighted by Crippen LogP contribution is -2.20. The summed E-state index contributed by atoms with van der Waals surface area (Å²) < 4.78 is 78.1. The van der Waals surface area contributed by atoms with Crippen molar-refractivity contribution >= 4 is 9.03 Å². The molecule has 0 aromatic carbocycles. The quantitative estimate of drug-likeness (QED) is 0.467. The van der Waals surface area contributed by atoms with Crippen LogP contribution in [-0.2, 0) is 9.05 Å². The molecule has 9 heteroatoms. The summed E-state index contributed by atoms with van der Waals surface area (Å²) >= 11 is 0. The van der Waals surface area contributed by atoms with Gasteiger partial charge in [-0.1, -0.05) is 0 Å². The first-order chi connectivity index (χ1) is 5.73. The second kappa shape index (κ2) is 2.94. The van der Waals surface area contributed by atoms with Gasteiger partial charge in [-0.25, -0.2) is 0 Å². The zero-order valence-electron chi connectivity index (χ0n) is 5.58. The van der Waals surface area contributed by atoms with E-state index >= 15 is 0 Å². The Hall–Kier alpha value is -0.650. The Morgan fingerprint density at radius 2 is 1.08 bits per heavy atom. The third-order valence-electron chi connectivity index (χ3n) is 1.01. The lowest BCUT2D eigenvalue weighted by molar-refractivity contribution is -0.140. The number of hydrogen-bond acceptors (Lipinski definition) is 2. The van der Waals surface area contributed by atoms with Crippen molar-refractivity contribution in [2.45, 2.75) is 12.4 Å². The van der Waals surface area contributed by atoms with Gasteiger partial charge >= 0.3 is 12.4 Å². The maximum absolute atomic E-state index is 11.8. The van der Waals surface area contributed by atoms with E-state index in [0.717, 1.165) is 0 Å². The van der Waals surface area contributed by atoms with Crippen LogP contribution in [0.2, 0.25) is 0 Å². The average molecular weight is 226 g/mol. The van der Waals surface area contributed by atoms with Crippen LogP contribution >= 0.6 is 9.03 Å². The van der Waals surface area contributed by atoms with Crippen LogP contribution in [-0.4, -0.2) is 12.4 Å². The van der Waals surface area contributed by atoms with Gasteiger partial charge in [0.05, 0.1) is 0 Å². The van der Waals surface area contributed by atoms with E-state index in [0.29, 0.717) is 0 Å². The van der Waals surface area contributed by atoms with Gasteiger partial charge in [0, 0.05) is 0 Å². The molecule has 13 heavy (non-hydrogen) atoms. The van der Waals surface area contributed by atoms with Gasteiger partial charge in [-0.05, 0) is 0 Å². The topological polar surface area (TPSA) is 18.5 Å². The van der Waals surface area contributed by atoms with Gasteiger partial charge in [0.2, 0.25) is 0 Å². The zero-order chi connectivity index (χ0) is 10.3. The molecule has 0 aromatic heterocycles. The van der Waals surface area contributed by atoms with E-state index in [-0.39, 0.29) is 0 Å². The van der Waals surface area contributed by atoms with E-state index in [4.69, 9.17) is 0 Å². The SMILES string of the molecule is FC(F)(F)C1=C(C(F)(F)F)OPO1. The van der Waals surface area contributed by atoms with Crippen molar-refractivity contribution in [3.63, 3.8) is 0 Å². The first kappa shape index (κ1) is 10.4. The summed E-state index contributed by atoms with van der Waals surface area (Å²) in [5.74, 6) is -4.23. The lowest BCUT2D eigenvalue weighted by atomic mass is 10.4. The normalized spacial score (nSPS) is 18.6. The molecule has 0 bridgehead atoms. The molecule has 1 aliphatic heterocycles. The summed E-state index contributed by atoms with van der Waals surface area (Å²) in [4.78, 5) is 0. The Morgan fingerprint density at radius 1 is 0.769 bits per heavy atom. The van der Waals surface area contributed by atoms with E-state index in [9.17, 15) is 26.3 Å². The zero-order valence-corrected chi connectivity index (χ0v) is 6.58. The molecular weight excluding hydrogens is 225 g/mol. The van der Waals surface area contributed by atoms with Gasteiger partial charge in [-0.15, -0.1) is 0 Å². The molecule has 1 aliphatic rings. The molecule has 0 saturated carbocycles. The van der Waals surface area contributed by atoms with Crippen LogP contribution in [0.4, 0.5) is 26.3 Å². The highest BCUT2D eigenvalue weighted by atomic mass is 31.1. The van der Waals surface area contributed by atoms with Gasteiger partial charge in [0.15, 0.2) is 0 Å². The Bertz CT molecular complexity index is 216. The minimum absolute atomic E-state index is 1.30. The number of rotatable bonds is 0. The van der Waals surface area contributed by atoms with E-state index in [1.54, 1.807) is 0 Å². The molecule has 0 N–H and O–H groups in total. The third-order valence-corrected chi connectivity index (χ3v) is 1.58. The predicted octanol–water partition coefficient (Wildman–Crippen LogP) is 2.88. The molecule has 1 rings (SSSR count). The Morgan fingerprint density at radius 3 is 1.31 bits per heavy atom. The molecule has 0 aliphatic carbocycles. The first-order valence-corrected chi connectivity index (χ1v) is 3.52. The highest BCUT2D eigenvalue weighted by molar-refractivity contribution is 7.26. The molecule has 0 aromatic rings. The number of hydrogen-bond donors (Lipinski definition) is 0. The summed E-state index contributed by atoms with van der Waals surface area (Å²) in [5, 5.41) is 0. The summed E-state index contributed by atoms with van der Waals surface area (Å²) in [6, 6.07) is 0. The van der Waals surface area contributed by atoms with Crippen molar-refractivity contribution < 1.29 is 35.4 Å². The van der Waals surface area contributed by atoms with E-state index < -0.39 is 32.9 Å². The van der Waals surface area contributed by atoms with Gasteiger partial charge in [0.1, 0.15) is 0 Å². The number of halogens is 6. The second-order valence-corrected chi connectivity index (χ2v) is 2.52. The third kappa shape index (κ3) is 2.18. The van der Waals surface area contributed by atoms with Crippen LogP contribution in [0.25, 0.3) is 0 Å². The maximum atomic E-state index is 11.8. The molecule has 76 valence electrons. The highest BCUT2D eigenvalue weighted by Gasteiger charge is 2.52. The summed E-state index contributed by atoms with van der Waals surface area (Å²) in [6.07, 6.45) is -10.3. The monoisotopic (exact) mass is 226 g/mol. The fraction of sp³-hybridized carbons (Fsp3) is 0.500. The van der Waals surface area contributed by atoms with Crippen LogP contribution in [0.3, 0.4) is 0 Å². The Labute approximate surface area is 69.4 Å². The molecule has 0 radical (unpaired) electrons. The van der Waals surface area contributed by atoms with Crippen molar-refractivity contribution in [1.82, 2.24) is 0 Å². The molecule has 0 spiro atoms. The van der Waals surface area contributed by atoms with Crippen LogP contribution < -0.4 is 0 Å². The lowest BCUT2D eigenvalue weighted by Gasteiger charge is -2.08. The predicted molar refractivity (Wildman–Crippen MR) is 29.6 cm³/mol. The largest absolute Gasteiger partial charge is 0.453 e. The minimum atomic E-state index is -5.17. The van der Waals surface area contributed by atoms with Gasteiger partial charge in [-0.2, -0.15) is 26.3 Å². The molecule has 0 fully saturated rings. The van der Waals surface area contributed by atoms with Crippen molar-refractivity contribution in [2.24, 2.45) is 0 Å². The smallest absolute Gasteiger partial charge is 0.431 e. The van der Waals surface area contributed by atoms with Gasteiger partial charge in [-0.3, -0.25) is 0 Å². The van der Waals surface area contributed by atoms with Crippen molar-refractivity contribution in [1.29, 1.82) is 0 Å². The molecule has 0 unspecified atom stereocenters.